The number of thiazole rings is 1. The molecule has 108 valence electrons. The average molecular weight is 308 g/mol. The van der Waals surface area contributed by atoms with Crippen LogP contribution in [0.1, 0.15) is 35.6 Å². The first-order chi connectivity index (χ1) is 9.50. The summed E-state index contributed by atoms with van der Waals surface area (Å²) in [5, 5.41) is 2.88. The van der Waals surface area contributed by atoms with Crippen LogP contribution in [0.2, 0.25) is 0 Å². The van der Waals surface area contributed by atoms with Crippen LogP contribution in [-0.2, 0) is 0 Å². The number of thioether (sulfide) groups is 1. The summed E-state index contributed by atoms with van der Waals surface area (Å²) in [6, 6.07) is 1.98. The van der Waals surface area contributed by atoms with E-state index in [0.29, 0.717) is 11.7 Å². The van der Waals surface area contributed by atoms with E-state index in [-0.39, 0.29) is 5.78 Å². The number of Topliss-reactive ketones (excluding diaryl/α,β-unsaturated/α-hetero) is 1. The minimum atomic E-state index is 0.214. The third kappa shape index (κ3) is 3.33. The fourth-order valence-electron chi connectivity index (χ4n) is 2.13. The number of rotatable bonds is 6. The van der Waals surface area contributed by atoms with Crippen molar-refractivity contribution in [1.29, 1.82) is 0 Å². The molecular formula is C15H20N2OS2. The molecule has 0 fully saturated rings. The summed E-state index contributed by atoms with van der Waals surface area (Å²) in [4.78, 5) is 16.7. The van der Waals surface area contributed by atoms with Crippen molar-refractivity contribution in [3.8, 4) is 5.13 Å². The van der Waals surface area contributed by atoms with Crippen LogP contribution in [0.25, 0.3) is 5.13 Å². The predicted molar refractivity (Wildman–Crippen MR) is 87.4 cm³/mol. The van der Waals surface area contributed by atoms with Crippen LogP contribution in [0.5, 0.6) is 0 Å². The molecule has 2 heterocycles. The summed E-state index contributed by atoms with van der Waals surface area (Å²) < 4.78 is 2.06. The minimum Gasteiger partial charge on any atom is -0.294 e. The third-order valence-electron chi connectivity index (χ3n) is 3.03. The maximum Gasteiger partial charge on any atom is 0.193 e. The highest BCUT2D eigenvalue weighted by molar-refractivity contribution is 7.99. The molecule has 0 aliphatic carbocycles. The van der Waals surface area contributed by atoms with Crippen LogP contribution in [0.15, 0.2) is 17.6 Å². The quantitative estimate of drug-likeness (QED) is 0.753. The molecule has 5 heteroatoms. The second kappa shape index (κ2) is 6.59. The predicted octanol–water partition coefficient (Wildman–Crippen LogP) is 4.12. The molecule has 0 spiro atoms. The monoisotopic (exact) mass is 308 g/mol. The highest BCUT2D eigenvalue weighted by Crippen LogP contribution is 2.23. The van der Waals surface area contributed by atoms with Gasteiger partial charge in [-0.3, -0.25) is 9.36 Å². The summed E-state index contributed by atoms with van der Waals surface area (Å²) in [7, 11) is 0. The zero-order valence-corrected chi connectivity index (χ0v) is 14.0. The van der Waals surface area contributed by atoms with Crippen LogP contribution in [0.3, 0.4) is 0 Å². The van der Waals surface area contributed by atoms with E-state index in [0.717, 1.165) is 27.8 Å². The maximum atomic E-state index is 12.3. The van der Waals surface area contributed by atoms with Crippen molar-refractivity contribution < 1.29 is 4.79 Å². The van der Waals surface area contributed by atoms with E-state index in [1.54, 1.807) is 29.3 Å². The standard InChI is InChI=1S/C15H20N2OS2/c1-10(2)8-19-9-14(18)13-7-11(3)17(12(13)4)15-16-5-6-20-15/h5-7,10H,8-9H2,1-4H3. The fraction of sp³-hybridized carbons (Fsp3) is 0.467. The van der Waals surface area contributed by atoms with E-state index in [9.17, 15) is 4.79 Å². The summed E-state index contributed by atoms with van der Waals surface area (Å²) in [6.45, 7) is 8.36. The number of hydrogen-bond donors (Lipinski definition) is 0. The molecule has 0 saturated heterocycles. The molecular weight excluding hydrogens is 288 g/mol. The van der Waals surface area contributed by atoms with E-state index >= 15 is 0 Å². The van der Waals surface area contributed by atoms with Gasteiger partial charge >= 0.3 is 0 Å². The number of hydrogen-bond acceptors (Lipinski definition) is 4. The number of aryl methyl sites for hydroxylation is 1. The molecule has 3 nitrogen and oxygen atoms in total. The van der Waals surface area contributed by atoms with Crippen LogP contribution >= 0.6 is 23.1 Å². The van der Waals surface area contributed by atoms with Gasteiger partial charge in [-0.2, -0.15) is 11.8 Å². The number of nitrogens with zero attached hydrogens (tertiary/aromatic N) is 2. The Morgan fingerprint density at radius 3 is 2.80 bits per heavy atom. The van der Waals surface area contributed by atoms with Crippen molar-refractivity contribution in [3.05, 3.63) is 34.6 Å². The van der Waals surface area contributed by atoms with Gasteiger partial charge in [-0.05, 0) is 31.6 Å². The molecule has 0 aromatic carbocycles. The Morgan fingerprint density at radius 1 is 1.45 bits per heavy atom. The van der Waals surface area contributed by atoms with Crippen LogP contribution in [-0.4, -0.2) is 26.8 Å². The van der Waals surface area contributed by atoms with Crippen molar-refractivity contribution in [2.75, 3.05) is 11.5 Å². The fourth-order valence-corrected chi connectivity index (χ4v) is 3.81. The molecule has 2 aromatic heterocycles. The molecule has 0 amide bonds. The maximum absolute atomic E-state index is 12.3. The highest BCUT2D eigenvalue weighted by atomic mass is 32.2. The topological polar surface area (TPSA) is 34.9 Å². The van der Waals surface area contributed by atoms with E-state index in [4.69, 9.17) is 0 Å². The largest absolute Gasteiger partial charge is 0.294 e. The van der Waals surface area contributed by atoms with Gasteiger partial charge in [0.05, 0.1) is 5.75 Å². The lowest BCUT2D eigenvalue weighted by atomic mass is 10.2. The number of carbonyl (C=O) groups excluding carboxylic acids is 1. The zero-order chi connectivity index (χ0) is 14.7. The Hall–Kier alpha value is -1.07. The Balaban J connectivity index is 2.17. The molecule has 0 aliphatic rings. The van der Waals surface area contributed by atoms with Gasteiger partial charge in [0.15, 0.2) is 10.9 Å². The second-order valence-electron chi connectivity index (χ2n) is 5.27. The molecule has 0 unspecified atom stereocenters. The van der Waals surface area contributed by atoms with E-state index in [1.165, 1.54) is 0 Å². The van der Waals surface area contributed by atoms with Gasteiger partial charge in [-0.25, -0.2) is 4.98 Å². The molecule has 2 rings (SSSR count). The van der Waals surface area contributed by atoms with E-state index in [2.05, 4.69) is 23.4 Å². The summed E-state index contributed by atoms with van der Waals surface area (Å²) in [5.74, 6) is 2.42. The third-order valence-corrected chi connectivity index (χ3v) is 5.15. The molecule has 2 aromatic rings. The first kappa shape index (κ1) is 15.3. The lowest BCUT2D eigenvalue weighted by Gasteiger charge is -2.06. The first-order valence-electron chi connectivity index (χ1n) is 6.70. The molecule has 0 radical (unpaired) electrons. The highest BCUT2D eigenvalue weighted by Gasteiger charge is 2.17. The summed E-state index contributed by atoms with van der Waals surface area (Å²) in [5.41, 5.74) is 2.89. The lowest BCUT2D eigenvalue weighted by Crippen LogP contribution is -2.06. The van der Waals surface area contributed by atoms with E-state index in [1.807, 2.05) is 25.3 Å². The van der Waals surface area contributed by atoms with Gasteiger partial charge in [0, 0.05) is 28.5 Å². The molecule has 0 atom stereocenters. The molecule has 20 heavy (non-hydrogen) atoms. The normalized spacial score (nSPS) is 11.2. The van der Waals surface area contributed by atoms with Crippen LogP contribution in [0, 0.1) is 19.8 Å². The van der Waals surface area contributed by atoms with Crippen molar-refractivity contribution in [1.82, 2.24) is 9.55 Å². The Kier molecular flexibility index (Phi) is 5.05. The lowest BCUT2D eigenvalue weighted by molar-refractivity contribution is 0.102. The van der Waals surface area contributed by atoms with Crippen molar-refractivity contribution in [3.63, 3.8) is 0 Å². The number of ketones is 1. The SMILES string of the molecule is Cc1cc(C(=O)CSCC(C)C)c(C)n1-c1nccs1. The van der Waals surface area contributed by atoms with Gasteiger partial charge in [0.1, 0.15) is 0 Å². The van der Waals surface area contributed by atoms with Crippen molar-refractivity contribution >= 4 is 28.9 Å². The van der Waals surface area contributed by atoms with Crippen molar-refractivity contribution in [2.24, 2.45) is 5.92 Å². The first-order valence-corrected chi connectivity index (χ1v) is 8.74. The van der Waals surface area contributed by atoms with Gasteiger partial charge in [0.2, 0.25) is 0 Å². The van der Waals surface area contributed by atoms with Crippen molar-refractivity contribution in [2.45, 2.75) is 27.7 Å². The van der Waals surface area contributed by atoms with E-state index < -0.39 is 0 Å². The Bertz CT molecular complexity index is 585. The summed E-state index contributed by atoms with van der Waals surface area (Å²) >= 11 is 3.30. The molecule has 0 bridgehead atoms. The smallest absolute Gasteiger partial charge is 0.193 e. The number of carbonyl (C=O) groups is 1. The van der Waals surface area contributed by atoms with Gasteiger partial charge in [-0.15, -0.1) is 11.3 Å². The Morgan fingerprint density at radius 2 is 2.20 bits per heavy atom. The van der Waals surface area contributed by atoms with Crippen LogP contribution < -0.4 is 0 Å². The molecule has 0 saturated carbocycles. The van der Waals surface area contributed by atoms with Gasteiger partial charge in [-0.1, -0.05) is 13.8 Å². The van der Waals surface area contributed by atoms with Gasteiger partial charge in [0.25, 0.3) is 0 Å². The summed E-state index contributed by atoms with van der Waals surface area (Å²) in [6.07, 6.45) is 1.79. The second-order valence-corrected chi connectivity index (χ2v) is 7.17. The van der Waals surface area contributed by atoms with Crippen LogP contribution in [0.4, 0.5) is 0 Å². The minimum absolute atomic E-state index is 0.214. The molecule has 0 aliphatic heterocycles. The number of aromatic nitrogens is 2. The zero-order valence-electron chi connectivity index (χ0n) is 12.3. The van der Waals surface area contributed by atoms with Gasteiger partial charge < -0.3 is 0 Å². The average Bonchev–Trinajstić information content (AvgIpc) is 2.97. The molecule has 0 N–H and O–H groups in total. The Labute approximate surface area is 128 Å².